The number of methoxy groups -OCH3 is 1. The number of hydrogen-bond donors (Lipinski definition) is 2. The molecule has 0 spiro atoms. The molecule has 1 unspecified atom stereocenters. The average molecular weight is 278 g/mol. The molecule has 2 N–H and O–H groups in total. The van der Waals surface area contributed by atoms with E-state index in [0.29, 0.717) is 0 Å². The molecular formula is C15H25NO3. The second-order valence-electron chi connectivity index (χ2n) is 3.92. The fourth-order valence-corrected chi connectivity index (χ4v) is 1.09. The van der Waals surface area contributed by atoms with Crippen LogP contribution in [0.4, 0.5) is 0 Å². The highest BCUT2D eigenvalue weighted by Gasteiger charge is 2.05. The topological polar surface area (TPSA) is 50.7 Å². The summed E-state index contributed by atoms with van der Waals surface area (Å²) in [6.07, 6.45) is -5.10. The lowest BCUT2D eigenvalue weighted by molar-refractivity contribution is 0.104. The van der Waals surface area contributed by atoms with E-state index in [-0.39, 0.29) is 17.4 Å². The summed E-state index contributed by atoms with van der Waals surface area (Å²) in [4.78, 5) is 0. The maximum absolute atomic E-state index is 10.1. The van der Waals surface area contributed by atoms with Crippen LogP contribution in [0.3, 0.4) is 0 Å². The van der Waals surface area contributed by atoms with Crippen LogP contribution < -0.4 is 10.1 Å². The van der Waals surface area contributed by atoms with Gasteiger partial charge in [0.05, 0.1) is 16.2 Å². The minimum Gasteiger partial charge on any atom is -0.491 e. The van der Waals surface area contributed by atoms with Gasteiger partial charge in [-0.25, -0.2) is 0 Å². The van der Waals surface area contributed by atoms with Crippen LogP contribution in [0.25, 0.3) is 0 Å². The molecule has 0 saturated carbocycles. The molecule has 0 amide bonds. The van der Waals surface area contributed by atoms with Crippen molar-refractivity contribution in [3.63, 3.8) is 0 Å². The van der Waals surface area contributed by atoms with Crippen LogP contribution >= 0.6 is 0 Å². The quantitative estimate of drug-likeness (QED) is 0.720. The second-order valence-corrected chi connectivity index (χ2v) is 3.92. The highest BCUT2D eigenvalue weighted by molar-refractivity contribution is 5.27. The first kappa shape index (κ1) is 6.12. The van der Waals surface area contributed by atoms with Crippen molar-refractivity contribution >= 4 is 0 Å². The fourth-order valence-electron chi connectivity index (χ4n) is 1.09. The Labute approximate surface area is 131 Å². The minimum atomic E-state index is -3.20. The fraction of sp³-hybridized carbons (Fsp3) is 0.600. The van der Waals surface area contributed by atoms with Crippen molar-refractivity contribution in [3.8, 4) is 5.75 Å². The third kappa shape index (κ3) is 7.15. The molecule has 0 aliphatic rings. The predicted octanol–water partition coefficient (Wildman–Crippen LogP) is 1.61. The van der Waals surface area contributed by atoms with Crippen molar-refractivity contribution in [1.29, 1.82) is 0 Å². The molecule has 1 rings (SSSR count). The molecule has 0 fully saturated rings. The van der Waals surface area contributed by atoms with Gasteiger partial charge < -0.3 is 19.9 Å². The third-order valence-corrected chi connectivity index (χ3v) is 1.90. The SMILES string of the molecule is [2H]C([2H])([2H])OC([2H])([2H])C([2H])([2H])c1ccc(OC([2H])([2H])C(O)C([2H])([2H])NC(C)C)cc1. The van der Waals surface area contributed by atoms with E-state index in [4.69, 9.17) is 19.8 Å². The highest BCUT2D eigenvalue weighted by Crippen LogP contribution is 2.12. The van der Waals surface area contributed by atoms with Crippen molar-refractivity contribution in [1.82, 2.24) is 5.32 Å². The normalized spacial score (nSPS) is 24.9. The summed E-state index contributed by atoms with van der Waals surface area (Å²) in [6.45, 7) is -5.36. The minimum absolute atomic E-state index is 0.198. The molecule has 1 aromatic rings. The van der Waals surface area contributed by atoms with Gasteiger partial charge in [0.1, 0.15) is 18.4 Å². The first-order chi connectivity index (χ1) is 13.2. The van der Waals surface area contributed by atoms with Gasteiger partial charge in [0.2, 0.25) is 0 Å². The van der Waals surface area contributed by atoms with E-state index in [1.54, 1.807) is 13.8 Å². The van der Waals surface area contributed by atoms with Gasteiger partial charge in [0.15, 0.2) is 0 Å². The largest absolute Gasteiger partial charge is 0.491 e. The van der Waals surface area contributed by atoms with Crippen molar-refractivity contribution < 1.29 is 29.7 Å². The number of benzene rings is 1. The number of hydrogen-bond acceptors (Lipinski definition) is 4. The molecule has 1 atom stereocenters. The van der Waals surface area contributed by atoms with Crippen molar-refractivity contribution in [2.45, 2.75) is 32.4 Å². The van der Waals surface area contributed by atoms with Crippen LogP contribution in [0, 0.1) is 0 Å². The second kappa shape index (κ2) is 8.91. The molecule has 0 bridgehead atoms. The van der Waals surface area contributed by atoms with Crippen LogP contribution in [0.2, 0.25) is 0 Å². The van der Waals surface area contributed by atoms with E-state index in [0.717, 1.165) is 24.3 Å². The number of rotatable bonds is 9. The number of aliphatic hydroxyl groups excluding tert-OH is 1. The monoisotopic (exact) mass is 278 g/mol. The van der Waals surface area contributed by atoms with Gasteiger partial charge in [-0.2, -0.15) is 0 Å². The smallest absolute Gasteiger partial charge is 0.119 e. The van der Waals surface area contributed by atoms with Crippen LogP contribution in [0.5, 0.6) is 5.75 Å². The van der Waals surface area contributed by atoms with E-state index in [9.17, 15) is 5.11 Å². The number of aliphatic hydroxyl groups is 1. The average Bonchev–Trinajstić information content (AvgIpc) is 2.50. The Bertz CT molecular complexity index is 705. The third-order valence-electron chi connectivity index (χ3n) is 1.90. The van der Waals surface area contributed by atoms with Crippen molar-refractivity contribution in [3.05, 3.63) is 29.8 Å². The Morgan fingerprint density at radius 1 is 1.37 bits per heavy atom. The summed E-state index contributed by atoms with van der Waals surface area (Å²) >= 11 is 0. The summed E-state index contributed by atoms with van der Waals surface area (Å²) in [5.74, 6) is -0.198. The molecule has 4 heteroatoms. The van der Waals surface area contributed by atoms with Crippen molar-refractivity contribution in [2.75, 3.05) is 26.7 Å². The highest BCUT2D eigenvalue weighted by atomic mass is 16.5. The number of aryl methyl sites for hydroxylation is 1. The van der Waals surface area contributed by atoms with Crippen LogP contribution in [-0.2, 0) is 11.1 Å². The summed E-state index contributed by atoms with van der Waals surface area (Å²) in [6, 6.07) is 3.85. The first-order valence-corrected chi connectivity index (χ1v) is 5.67. The first-order valence-electron chi connectivity index (χ1n) is 11.2. The Hall–Kier alpha value is -1.10. The lowest BCUT2D eigenvalue weighted by Gasteiger charge is -2.15. The zero-order chi connectivity index (χ0) is 23.8. The molecule has 4 nitrogen and oxygen atoms in total. The Morgan fingerprint density at radius 3 is 2.74 bits per heavy atom. The van der Waals surface area contributed by atoms with Crippen LogP contribution in [-0.4, -0.2) is 43.9 Å². The zero-order valence-electron chi connectivity index (χ0n) is 21.7. The van der Waals surface area contributed by atoms with E-state index in [1.165, 1.54) is 0 Å². The van der Waals surface area contributed by atoms with E-state index >= 15 is 0 Å². The molecule has 0 aromatic heterocycles. The maximum atomic E-state index is 10.1. The van der Waals surface area contributed by atoms with Gasteiger partial charge in [-0.05, 0) is 24.1 Å². The van der Waals surface area contributed by atoms with Gasteiger partial charge in [-0.15, -0.1) is 0 Å². The van der Waals surface area contributed by atoms with Crippen LogP contribution in [0.1, 0.15) is 34.5 Å². The maximum Gasteiger partial charge on any atom is 0.119 e. The molecule has 0 saturated heterocycles. The summed E-state index contributed by atoms with van der Waals surface area (Å²) in [5.41, 5.74) is -0.304. The molecule has 1 aromatic carbocycles. The van der Waals surface area contributed by atoms with E-state index < -0.39 is 39.1 Å². The van der Waals surface area contributed by atoms with E-state index in [2.05, 4.69) is 10.1 Å². The standard InChI is InChI=1S/C15H25NO3/c1-12(2)16-10-14(17)11-19-15-6-4-13(5-7-15)8-9-18-3/h4-7,12,14,16-17H,8-11H2,1-3H3/i3D3,8D2,9D2,10D2,11D2. The number of ether oxygens (including phenoxy) is 2. The Balaban J connectivity index is 3.04. The summed E-state index contributed by atoms with van der Waals surface area (Å²) in [7, 11) is -3.17. The lowest BCUT2D eigenvalue weighted by Crippen LogP contribution is -2.35. The van der Waals surface area contributed by atoms with Gasteiger partial charge in [-0.3, -0.25) is 0 Å². The predicted molar refractivity (Wildman–Crippen MR) is 76.7 cm³/mol. The summed E-state index contributed by atoms with van der Waals surface area (Å²) < 4.78 is 92.6. The van der Waals surface area contributed by atoms with Gasteiger partial charge in [0.25, 0.3) is 0 Å². The molecular weight excluding hydrogens is 242 g/mol. The molecule has 19 heavy (non-hydrogen) atoms. The Morgan fingerprint density at radius 2 is 2.11 bits per heavy atom. The van der Waals surface area contributed by atoms with Crippen molar-refractivity contribution in [2.24, 2.45) is 0 Å². The molecule has 0 aliphatic carbocycles. The molecule has 0 heterocycles. The molecule has 0 radical (unpaired) electrons. The molecule has 108 valence electrons. The van der Waals surface area contributed by atoms with E-state index in [1.807, 2.05) is 0 Å². The van der Waals surface area contributed by atoms with Crippen LogP contribution in [0.15, 0.2) is 24.3 Å². The molecule has 0 aliphatic heterocycles. The number of nitrogens with one attached hydrogen (secondary N) is 1. The lowest BCUT2D eigenvalue weighted by atomic mass is 10.1. The Kier molecular flexibility index (Phi) is 2.87. The van der Waals surface area contributed by atoms with Gasteiger partial charge in [0, 0.05) is 25.1 Å². The zero-order valence-corrected chi connectivity index (χ0v) is 10.7. The summed E-state index contributed by atoms with van der Waals surface area (Å²) in [5, 5.41) is 12.5. The van der Waals surface area contributed by atoms with Gasteiger partial charge in [-0.1, -0.05) is 26.0 Å². The van der Waals surface area contributed by atoms with Gasteiger partial charge >= 0.3 is 0 Å².